The molecule has 3 N–H and O–H groups in total. The van der Waals surface area contributed by atoms with Crippen molar-refractivity contribution in [1.82, 2.24) is 10.6 Å². The van der Waals surface area contributed by atoms with E-state index in [4.69, 9.17) is 4.42 Å². The van der Waals surface area contributed by atoms with Gasteiger partial charge in [-0.05, 0) is 38.3 Å². The van der Waals surface area contributed by atoms with Crippen LogP contribution in [-0.2, 0) is 6.42 Å². The van der Waals surface area contributed by atoms with Crippen molar-refractivity contribution in [3.05, 3.63) is 24.2 Å². The number of hydrogen-bond acceptors (Lipinski definition) is 3. The minimum Gasteiger partial charge on any atom is -0.469 e. The minimum absolute atomic E-state index is 0.475. The first kappa shape index (κ1) is 13.9. The van der Waals surface area contributed by atoms with Crippen molar-refractivity contribution in [3.63, 3.8) is 0 Å². The molecule has 1 aromatic rings. The van der Waals surface area contributed by atoms with Crippen LogP contribution in [0.4, 0.5) is 0 Å². The van der Waals surface area contributed by atoms with Crippen molar-refractivity contribution in [3.8, 4) is 0 Å². The molecule has 1 saturated carbocycles. The molecule has 0 spiro atoms. The Kier molecular flexibility index (Phi) is 4.85. The molecular formula is C14H23N3O2. The van der Waals surface area contributed by atoms with Gasteiger partial charge in [-0.2, -0.15) is 0 Å². The predicted octanol–water partition coefficient (Wildman–Crippen LogP) is 1.29. The van der Waals surface area contributed by atoms with Crippen LogP contribution in [0.2, 0.25) is 0 Å². The van der Waals surface area contributed by atoms with Gasteiger partial charge in [0.1, 0.15) is 5.76 Å². The number of hydrogen-bond donors (Lipinski definition) is 3. The van der Waals surface area contributed by atoms with E-state index in [9.17, 15) is 5.11 Å². The highest BCUT2D eigenvalue weighted by atomic mass is 16.3. The van der Waals surface area contributed by atoms with E-state index in [1.165, 1.54) is 0 Å². The Morgan fingerprint density at radius 3 is 2.89 bits per heavy atom. The molecule has 0 radical (unpaired) electrons. The summed E-state index contributed by atoms with van der Waals surface area (Å²) >= 11 is 0. The van der Waals surface area contributed by atoms with Crippen molar-refractivity contribution < 1.29 is 9.52 Å². The van der Waals surface area contributed by atoms with Gasteiger partial charge in [-0.25, -0.2) is 0 Å². The summed E-state index contributed by atoms with van der Waals surface area (Å²) < 4.78 is 5.28. The third-order valence-corrected chi connectivity index (χ3v) is 3.40. The summed E-state index contributed by atoms with van der Waals surface area (Å²) in [6, 6.07) is 3.85. The quantitative estimate of drug-likeness (QED) is 0.535. The van der Waals surface area contributed by atoms with E-state index < -0.39 is 5.60 Å². The molecule has 1 aliphatic carbocycles. The normalized spacial score (nSPS) is 17.9. The molecule has 5 heteroatoms. The monoisotopic (exact) mass is 265 g/mol. The maximum absolute atomic E-state index is 10.0. The minimum atomic E-state index is -0.566. The molecule has 1 fully saturated rings. The third kappa shape index (κ3) is 4.28. The van der Waals surface area contributed by atoms with Gasteiger partial charge >= 0.3 is 0 Å². The largest absolute Gasteiger partial charge is 0.469 e. The number of guanidine groups is 1. The highest BCUT2D eigenvalue weighted by Crippen LogP contribution is 2.31. The van der Waals surface area contributed by atoms with E-state index in [-0.39, 0.29) is 0 Å². The average Bonchev–Trinajstić information content (AvgIpc) is 2.87. The van der Waals surface area contributed by atoms with E-state index in [0.29, 0.717) is 6.54 Å². The number of furan rings is 1. The van der Waals surface area contributed by atoms with Crippen molar-refractivity contribution in [2.45, 2.75) is 38.2 Å². The van der Waals surface area contributed by atoms with Crippen LogP contribution in [0.1, 0.15) is 31.9 Å². The fraction of sp³-hybridized carbons (Fsp3) is 0.643. The zero-order valence-corrected chi connectivity index (χ0v) is 11.5. The summed E-state index contributed by atoms with van der Waals surface area (Å²) in [6.07, 6.45) is 5.33. The van der Waals surface area contributed by atoms with Crippen LogP contribution in [0.15, 0.2) is 27.8 Å². The number of rotatable bonds is 6. The Labute approximate surface area is 114 Å². The molecule has 106 valence electrons. The lowest BCUT2D eigenvalue weighted by Crippen LogP contribution is -2.43. The number of aliphatic imine (C=N–C) groups is 1. The Hall–Kier alpha value is -1.49. The van der Waals surface area contributed by atoms with E-state index in [1.54, 1.807) is 6.26 Å². The fourth-order valence-electron chi connectivity index (χ4n) is 2.07. The van der Waals surface area contributed by atoms with Crippen LogP contribution >= 0.6 is 0 Å². The SMILES string of the molecule is CCNC(=NCC1(O)CCC1)NCCc1ccco1. The summed E-state index contributed by atoms with van der Waals surface area (Å²) in [4.78, 5) is 4.44. The van der Waals surface area contributed by atoms with Gasteiger partial charge < -0.3 is 20.2 Å². The standard InChI is InChI=1S/C14H23N3O2/c1-2-15-13(17-11-14(18)7-4-8-14)16-9-6-12-5-3-10-19-12/h3,5,10,18H,2,4,6-9,11H2,1H3,(H2,15,16,17). The zero-order valence-electron chi connectivity index (χ0n) is 11.5. The molecule has 19 heavy (non-hydrogen) atoms. The van der Waals surface area contributed by atoms with Gasteiger partial charge in [0.2, 0.25) is 0 Å². The van der Waals surface area contributed by atoms with Crippen LogP contribution < -0.4 is 10.6 Å². The predicted molar refractivity (Wildman–Crippen MR) is 75.2 cm³/mol. The van der Waals surface area contributed by atoms with Crippen LogP contribution in [0.3, 0.4) is 0 Å². The lowest BCUT2D eigenvalue weighted by atomic mass is 9.80. The molecule has 2 rings (SSSR count). The highest BCUT2D eigenvalue weighted by molar-refractivity contribution is 5.79. The zero-order chi connectivity index (χ0) is 13.6. The number of aliphatic hydroxyl groups is 1. The average molecular weight is 265 g/mol. The Morgan fingerprint density at radius 2 is 2.32 bits per heavy atom. The second kappa shape index (κ2) is 6.61. The summed E-state index contributed by atoms with van der Waals surface area (Å²) in [5.41, 5.74) is -0.566. The van der Waals surface area contributed by atoms with Gasteiger partial charge in [0, 0.05) is 19.5 Å². The van der Waals surface area contributed by atoms with E-state index in [2.05, 4.69) is 15.6 Å². The van der Waals surface area contributed by atoms with Crippen LogP contribution in [0.25, 0.3) is 0 Å². The van der Waals surface area contributed by atoms with Gasteiger partial charge in [-0.3, -0.25) is 4.99 Å². The van der Waals surface area contributed by atoms with Crippen LogP contribution in [0, 0.1) is 0 Å². The molecule has 5 nitrogen and oxygen atoms in total. The topological polar surface area (TPSA) is 69.8 Å². The van der Waals surface area contributed by atoms with Crippen molar-refractivity contribution in [2.75, 3.05) is 19.6 Å². The molecule has 1 aromatic heterocycles. The van der Waals surface area contributed by atoms with E-state index in [1.807, 2.05) is 19.1 Å². The second-order valence-electron chi connectivity index (χ2n) is 5.03. The maximum Gasteiger partial charge on any atom is 0.191 e. The van der Waals surface area contributed by atoms with Gasteiger partial charge in [0.05, 0.1) is 18.4 Å². The lowest BCUT2D eigenvalue weighted by molar-refractivity contribution is -0.0236. The molecule has 0 aliphatic heterocycles. The van der Waals surface area contributed by atoms with Crippen molar-refractivity contribution >= 4 is 5.96 Å². The smallest absolute Gasteiger partial charge is 0.191 e. The van der Waals surface area contributed by atoms with E-state index in [0.717, 1.165) is 50.5 Å². The molecule has 0 aromatic carbocycles. The third-order valence-electron chi connectivity index (χ3n) is 3.40. The molecule has 1 aliphatic rings. The van der Waals surface area contributed by atoms with Crippen LogP contribution in [0.5, 0.6) is 0 Å². The molecule has 0 atom stereocenters. The first-order valence-corrected chi connectivity index (χ1v) is 6.99. The molecule has 0 unspecified atom stereocenters. The first-order valence-electron chi connectivity index (χ1n) is 6.99. The summed E-state index contributed by atoms with van der Waals surface area (Å²) in [6.45, 7) is 4.08. The molecule has 1 heterocycles. The Bertz CT molecular complexity index is 397. The molecule has 0 saturated heterocycles. The molecule has 0 bridgehead atoms. The van der Waals surface area contributed by atoms with Gasteiger partial charge in [0.25, 0.3) is 0 Å². The van der Waals surface area contributed by atoms with Crippen molar-refractivity contribution in [1.29, 1.82) is 0 Å². The van der Waals surface area contributed by atoms with Gasteiger partial charge in [-0.15, -0.1) is 0 Å². The van der Waals surface area contributed by atoms with Crippen LogP contribution in [-0.4, -0.2) is 36.3 Å². The van der Waals surface area contributed by atoms with Gasteiger partial charge in [0.15, 0.2) is 5.96 Å². The number of nitrogens with one attached hydrogen (secondary N) is 2. The van der Waals surface area contributed by atoms with Gasteiger partial charge in [-0.1, -0.05) is 0 Å². The molecule has 0 amide bonds. The number of nitrogens with zero attached hydrogens (tertiary/aromatic N) is 1. The first-order chi connectivity index (χ1) is 9.22. The second-order valence-corrected chi connectivity index (χ2v) is 5.03. The summed E-state index contributed by atoms with van der Waals surface area (Å²) in [7, 11) is 0. The van der Waals surface area contributed by atoms with Crippen molar-refractivity contribution in [2.24, 2.45) is 4.99 Å². The molecular weight excluding hydrogens is 242 g/mol. The highest BCUT2D eigenvalue weighted by Gasteiger charge is 2.34. The summed E-state index contributed by atoms with van der Waals surface area (Å²) in [5.74, 6) is 1.72. The maximum atomic E-state index is 10.0. The summed E-state index contributed by atoms with van der Waals surface area (Å²) in [5, 5.41) is 16.5. The Balaban J connectivity index is 1.76. The lowest BCUT2D eigenvalue weighted by Gasteiger charge is -2.35. The van der Waals surface area contributed by atoms with E-state index >= 15 is 0 Å². The Morgan fingerprint density at radius 1 is 1.47 bits per heavy atom. The fourth-order valence-corrected chi connectivity index (χ4v) is 2.07.